The summed E-state index contributed by atoms with van der Waals surface area (Å²) >= 11 is 1.54. The first kappa shape index (κ1) is 15.4. The van der Waals surface area contributed by atoms with E-state index in [0.29, 0.717) is 13.0 Å². The van der Waals surface area contributed by atoms with Crippen molar-refractivity contribution in [2.24, 2.45) is 0 Å². The second kappa shape index (κ2) is 7.70. The first-order valence-electron chi connectivity index (χ1n) is 5.82. The van der Waals surface area contributed by atoms with E-state index in [9.17, 15) is 9.59 Å². The summed E-state index contributed by atoms with van der Waals surface area (Å²) in [6.45, 7) is 1.98. The van der Waals surface area contributed by atoms with Gasteiger partial charge < -0.3 is 20.8 Å². The summed E-state index contributed by atoms with van der Waals surface area (Å²) in [6.07, 6.45) is 0.573. The molecule has 0 saturated heterocycles. The number of nitrogens with zero attached hydrogens (tertiary/aromatic N) is 1. The van der Waals surface area contributed by atoms with Crippen LogP contribution in [0.1, 0.15) is 17.1 Å². The number of aliphatic hydroxyl groups excluding tert-OH is 1. The van der Waals surface area contributed by atoms with Crippen molar-refractivity contribution in [1.82, 2.24) is 15.6 Å². The van der Waals surface area contributed by atoms with Gasteiger partial charge in [-0.1, -0.05) is 0 Å². The van der Waals surface area contributed by atoms with E-state index >= 15 is 0 Å². The standard InChI is InChI=1S/C11H17N3O4S/c1-7-13-8(6-19-7)2-4-12-11(18)14-9(3-5-15)10(16)17/h6,9,15H,2-5H2,1H3,(H,16,17)(H2,12,14,18). The van der Waals surface area contributed by atoms with Crippen LogP contribution in [0.2, 0.25) is 0 Å². The Hall–Kier alpha value is -1.67. The number of carbonyl (C=O) groups excluding carboxylic acids is 1. The number of aliphatic carboxylic acids is 1. The smallest absolute Gasteiger partial charge is 0.326 e. The number of aryl methyl sites for hydroxylation is 1. The molecule has 1 aromatic heterocycles. The van der Waals surface area contributed by atoms with Crippen LogP contribution in [0.4, 0.5) is 4.79 Å². The molecule has 0 aliphatic carbocycles. The maximum absolute atomic E-state index is 11.4. The fourth-order valence-corrected chi connectivity index (χ4v) is 2.07. The first-order chi connectivity index (χ1) is 9.02. The van der Waals surface area contributed by atoms with E-state index in [4.69, 9.17) is 10.2 Å². The molecule has 1 rings (SSSR count). The van der Waals surface area contributed by atoms with Crippen molar-refractivity contribution >= 4 is 23.3 Å². The van der Waals surface area contributed by atoms with Crippen LogP contribution >= 0.6 is 11.3 Å². The SMILES string of the molecule is Cc1nc(CCNC(=O)NC(CCO)C(=O)O)cs1. The molecule has 19 heavy (non-hydrogen) atoms. The summed E-state index contributed by atoms with van der Waals surface area (Å²) in [7, 11) is 0. The average Bonchev–Trinajstić information content (AvgIpc) is 2.74. The molecule has 0 spiro atoms. The van der Waals surface area contributed by atoms with Crippen molar-refractivity contribution in [3.63, 3.8) is 0 Å². The third kappa shape index (κ3) is 5.66. The number of amides is 2. The monoisotopic (exact) mass is 287 g/mol. The number of carbonyl (C=O) groups is 2. The Kier molecular flexibility index (Phi) is 6.23. The molecule has 1 heterocycles. The summed E-state index contributed by atoms with van der Waals surface area (Å²) in [5.41, 5.74) is 0.896. The van der Waals surface area contributed by atoms with Gasteiger partial charge in [-0.05, 0) is 6.92 Å². The van der Waals surface area contributed by atoms with Crippen molar-refractivity contribution in [3.8, 4) is 0 Å². The molecule has 1 atom stereocenters. The van der Waals surface area contributed by atoms with E-state index in [1.54, 1.807) is 0 Å². The number of carboxylic acids is 1. The Balaban J connectivity index is 2.28. The maximum atomic E-state index is 11.4. The molecular formula is C11H17N3O4S. The van der Waals surface area contributed by atoms with Gasteiger partial charge in [-0.2, -0.15) is 0 Å². The molecule has 0 saturated carbocycles. The highest BCUT2D eigenvalue weighted by Gasteiger charge is 2.18. The molecule has 4 N–H and O–H groups in total. The van der Waals surface area contributed by atoms with Gasteiger partial charge in [0.2, 0.25) is 0 Å². The van der Waals surface area contributed by atoms with Crippen LogP contribution < -0.4 is 10.6 Å². The molecule has 1 unspecified atom stereocenters. The van der Waals surface area contributed by atoms with Crippen molar-refractivity contribution in [1.29, 1.82) is 0 Å². The van der Waals surface area contributed by atoms with Gasteiger partial charge in [0.05, 0.1) is 10.7 Å². The molecule has 0 aromatic carbocycles. The predicted molar refractivity (Wildman–Crippen MR) is 70.2 cm³/mol. The zero-order valence-corrected chi connectivity index (χ0v) is 11.4. The highest BCUT2D eigenvalue weighted by Crippen LogP contribution is 2.07. The van der Waals surface area contributed by atoms with Gasteiger partial charge in [0.25, 0.3) is 0 Å². The second-order valence-electron chi connectivity index (χ2n) is 3.91. The summed E-state index contributed by atoms with van der Waals surface area (Å²) in [4.78, 5) is 26.4. The summed E-state index contributed by atoms with van der Waals surface area (Å²) in [5.74, 6) is -1.17. The van der Waals surface area contributed by atoms with Crippen LogP contribution in [-0.4, -0.2) is 46.4 Å². The maximum Gasteiger partial charge on any atom is 0.326 e. The van der Waals surface area contributed by atoms with E-state index in [1.165, 1.54) is 11.3 Å². The number of thiazole rings is 1. The number of aromatic nitrogens is 1. The largest absolute Gasteiger partial charge is 0.480 e. The molecule has 8 heteroatoms. The van der Waals surface area contributed by atoms with Crippen LogP contribution in [0.3, 0.4) is 0 Å². The van der Waals surface area contributed by atoms with Gasteiger partial charge in [-0.15, -0.1) is 11.3 Å². The summed E-state index contributed by atoms with van der Waals surface area (Å²) < 4.78 is 0. The predicted octanol–water partition coefficient (Wildman–Crippen LogP) is 0.129. The highest BCUT2D eigenvalue weighted by atomic mass is 32.1. The Bertz CT molecular complexity index is 435. The number of hydrogen-bond acceptors (Lipinski definition) is 5. The number of rotatable bonds is 7. The van der Waals surface area contributed by atoms with Gasteiger partial charge in [-0.25, -0.2) is 14.6 Å². The lowest BCUT2D eigenvalue weighted by Gasteiger charge is -2.13. The van der Waals surface area contributed by atoms with Gasteiger partial charge >= 0.3 is 12.0 Å². The van der Waals surface area contributed by atoms with Crippen LogP contribution in [0.5, 0.6) is 0 Å². The lowest BCUT2D eigenvalue weighted by atomic mass is 10.2. The zero-order chi connectivity index (χ0) is 14.3. The minimum atomic E-state index is -1.17. The fraction of sp³-hybridized carbons (Fsp3) is 0.545. The number of nitrogens with one attached hydrogen (secondary N) is 2. The zero-order valence-electron chi connectivity index (χ0n) is 10.5. The molecule has 1 aromatic rings. The lowest BCUT2D eigenvalue weighted by molar-refractivity contribution is -0.139. The Morgan fingerprint density at radius 2 is 2.26 bits per heavy atom. The van der Waals surface area contributed by atoms with Crippen LogP contribution in [0, 0.1) is 6.92 Å². The number of urea groups is 1. The minimum absolute atomic E-state index is 0.0198. The van der Waals surface area contributed by atoms with Crippen molar-refractivity contribution in [3.05, 3.63) is 16.1 Å². The van der Waals surface area contributed by atoms with Gasteiger partial charge in [0, 0.05) is 31.4 Å². The molecule has 0 fully saturated rings. The second-order valence-corrected chi connectivity index (χ2v) is 4.97. The molecule has 2 amide bonds. The molecule has 0 aliphatic heterocycles. The van der Waals surface area contributed by atoms with Gasteiger partial charge in [-0.3, -0.25) is 0 Å². The van der Waals surface area contributed by atoms with Crippen LogP contribution in [0.25, 0.3) is 0 Å². The van der Waals surface area contributed by atoms with Crippen molar-refractivity contribution < 1.29 is 19.8 Å². The molecule has 0 radical (unpaired) electrons. The number of aliphatic hydroxyl groups is 1. The van der Waals surface area contributed by atoms with Crippen LogP contribution in [0.15, 0.2) is 5.38 Å². The summed E-state index contributed by atoms with van der Waals surface area (Å²) in [6, 6.07) is -1.64. The third-order valence-electron chi connectivity index (χ3n) is 2.35. The molecule has 106 valence electrons. The molecule has 0 aliphatic rings. The Labute approximate surface area is 114 Å². The van der Waals surface area contributed by atoms with Crippen molar-refractivity contribution in [2.45, 2.75) is 25.8 Å². The lowest BCUT2D eigenvalue weighted by Crippen LogP contribution is -2.46. The normalized spacial score (nSPS) is 11.9. The van der Waals surface area contributed by atoms with Crippen molar-refractivity contribution in [2.75, 3.05) is 13.2 Å². The van der Waals surface area contributed by atoms with E-state index in [2.05, 4.69) is 15.6 Å². The number of hydrogen-bond donors (Lipinski definition) is 4. The topological polar surface area (TPSA) is 112 Å². The number of carboxylic acid groups (broad SMARTS) is 1. The third-order valence-corrected chi connectivity index (χ3v) is 3.18. The molecule has 0 bridgehead atoms. The van der Waals surface area contributed by atoms with Crippen LogP contribution in [-0.2, 0) is 11.2 Å². The molecule has 7 nitrogen and oxygen atoms in total. The van der Waals surface area contributed by atoms with E-state index < -0.39 is 18.0 Å². The first-order valence-corrected chi connectivity index (χ1v) is 6.70. The Morgan fingerprint density at radius 3 is 2.79 bits per heavy atom. The highest BCUT2D eigenvalue weighted by molar-refractivity contribution is 7.09. The Morgan fingerprint density at radius 1 is 1.53 bits per heavy atom. The quantitative estimate of drug-likeness (QED) is 0.569. The van der Waals surface area contributed by atoms with Gasteiger partial charge in [0.15, 0.2) is 0 Å². The van der Waals surface area contributed by atoms with E-state index in [0.717, 1.165) is 10.7 Å². The average molecular weight is 287 g/mol. The summed E-state index contributed by atoms with van der Waals surface area (Å²) in [5, 5.41) is 25.2. The molecular weight excluding hydrogens is 270 g/mol. The van der Waals surface area contributed by atoms with E-state index in [-0.39, 0.29) is 13.0 Å². The van der Waals surface area contributed by atoms with E-state index in [1.807, 2.05) is 12.3 Å². The van der Waals surface area contributed by atoms with Gasteiger partial charge in [0.1, 0.15) is 6.04 Å². The minimum Gasteiger partial charge on any atom is -0.480 e. The fourth-order valence-electron chi connectivity index (χ4n) is 1.42.